The van der Waals surface area contributed by atoms with Gasteiger partial charge in [-0.15, -0.1) is 0 Å². The van der Waals surface area contributed by atoms with E-state index < -0.39 is 6.04 Å². The van der Waals surface area contributed by atoms with Crippen LogP contribution in [0.1, 0.15) is 26.2 Å². The average molecular weight is 416 g/mol. The molecule has 6 heteroatoms. The summed E-state index contributed by atoms with van der Waals surface area (Å²) in [5, 5.41) is 0. The highest BCUT2D eigenvalue weighted by Gasteiger charge is 2.46. The van der Waals surface area contributed by atoms with Crippen LogP contribution in [0.3, 0.4) is 0 Å². The molecule has 2 aliphatic heterocycles. The molecule has 0 radical (unpaired) electrons. The van der Waals surface area contributed by atoms with Crippen molar-refractivity contribution in [1.82, 2.24) is 4.90 Å². The van der Waals surface area contributed by atoms with Gasteiger partial charge in [0.15, 0.2) is 0 Å². The molecule has 3 rings (SSSR count). The fourth-order valence-corrected chi connectivity index (χ4v) is 4.56. The number of hydrogen-bond donors (Lipinski definition) is 0. The maximum Gasteiger partial charge on any atom is 0.250 e. The van der Waals surface area contributed by atoms with Crippen LogP contribution in [0.25, 0.3) is 0 Å². The molecule has 1 aromatic carbocycles. The summed E-state index contributed by atoms with van der Waals surface area (Å²) in [6.45, 7) is 2.50. The van der Waals surface area contributed by atoms with Gasteiger partial charge in [-0.3, -0.25) is 14.5 Å². The fraction of sp³-hybridized carbons (Fsp3) is 0.467. The van der Waals surface area contributed by atoms with Gasteiger partial charge in [0.05, 0.1) is 5.69 Å². The molecule has 21 heavy (non-hydrogen) atoms. The Bertz CT molecular complexity index is 585. The number of benzene rings is 1. The van der Waals surface area contributed by atoms with Crippen LogP contribution in [-0.4, -0.2) is 35.3 Å². The van der Waals surface area contributed by atoms with Crippen LogP contribution < -0.4 is 4.90 Å². The molecule has 112 valence electrons. The smallest absolute Gasteiger partial charge is 0.250 e. The number of amides is 2. The van der Waals surface area contributed by atoms with E-state index in [0.717, 1.165) is 33.9 Å². The van der Waals surface area contributed by atoms with Crippen molar-refractivity contribution in [2.75, 3.05) is 11.4 Å². The van der Waals surface area contributed by atoms with Crippen molar-refractivity contribution in [2.45, 2.75) is 38.3 Å². The summed E-state index contributed by atoms with van der Waals surface area (Å²) in [5.74, 6) is 0.0661. The lowest BCUT2D eigenvalue weighted by Gasteiger charge is -2.46. The number of fused-ring (bicyclic) bond motifs is 1. The molecule has 0 saturated carbocycles. The normalized spacial score (nSPS) is 26.0. The van der Waals surface area contributed by atoms with Gasteiger partial charge in [-0.05, 0) is 70.2 Å². The van der Waals surface area contributed by atoms with Crippen molar-refractivity contribution in [3.8, 4) is 0 Å². The highest BCUT2D eigenvalue weighted by atomic mass is 79.9. The minimum atomic E-state index is -0.471. The third-order valence-electron chi connectivity index (χ3n) is 4.23. The van der Waals surface area contributed by atoms with Gasteiger partial charge in [-0.2, -0.15) is 0 Å². The molecule has 0 bridgehead atoms. The van der Waals surface area contributed by atoms with Gasteiger partial charge in [-0.1, -0.05) is 6.07 Å². The van der Waals surface area contributed by atoms with Crippen LogP contribution in [0.4, 0.5) is 5.69 Å². The van der Waals surface area contributed by atoms with E-state index in [-0.39, 0.29) is 17.9 Å². The van der Waals surface area contributed by atoms with E-state index in [1.165, 1.54) is 0 Å². The SMILES string of the molecule is CC1C(=O)N2CCCCC2C(=O)N1c1c(Br)cccc1Br. The molecule has 2 heterocycles. The molecule has 2 aliphatic rings. The Morgan fingerprint density at radius 1 is 1.10 bits per heavy atom. The zero-order chi connectivity index (χ0) is 15.1. The molecule has 2 saturated heterocycles. The summed E-state index contributed by atoms with van der Waals surface area (Å²) in [7, 11) is 0. The lowest BCUT2D eigenvalue weighted by atomic mass is 9.95. The van der Waals surface area contributed by atoms with Gasteiger partial charge < -0.3 is 4.90 Å². The minimum absolute atomic E-state index is 0.0226. The summed E-state index contributed by atoms with van der Waals surface area (Å²) in [5.41, 5.74) is 0.744. The van der Waals surface area contributed by atoms with Crippen molar-refractivity contribution in [1.29, 1.82) is 0 Å². The van der Waals surface area contributed by atoms with Crippen molar-refractivity contribution in [3.63, 3.8) is 0 Å². The highest BCUT2D eigenvalue weighted by Crippen LogP contribution is 2.38. The van der Waals surface area contributed by atoms with Crippen molar-refractivity contribution >= 4 is 49.4 Å². The quantitative estimate of drug-likeness (QED) is 0.705. The van der Waals surface area contributed by atoms with Crippen LogP contribution in [-0.2, 0) is 9.59 Å². The first kappa shape index (κ1) is 15.0. The maximum absolute atomic E-state index is 12.9. The van der Waals surface area contributed by atoms with Crippen LogP contribution >= 0.6 is 31.9 Å². The summed E-state index contributed by atoms with van der Waals surface area (Å²) in [6.07, 6.45) is 2.75. The van der Waals surface area contributed by atoms with E-state index in [2.05, 4.69) is 31.9 Å². The first-order valence-corrected chi connectivity index (χ1v) is 8.68. The summed E-state index contributed by atoms with van der Waals surface area (Å²) in [6, 6.07) is 4.89. The molecule has 2 fully saturated rings. The molecule has 1 aromatic rings. The number of para-hydroxylation sites is 1. The molecule has 0 N–H and O–H groups in total. The van der Waals surface area contributed by atoms with E-state index >= 15 is 0 Å². The number of carbonyl (C=O) groups is 2. The standard InChI is InChI=1S/C15H16Br2N2O2/c1-9-14(20)18-8-3-2-7-12(18)15(21)19(9)13-10(16)5-4-6-11(13)17/h4-6,9,12H,2-3,7-8H2,1H3. The molecule has 0 aromatic heterocycles. The number of rotatable bonds is 1. The monoisotopic (exact) mass is 414 g/mol. The van der Waals surface area contributed by atoms with Crippen molar-refractivity contribution in [3.05, 3.63) is 27.1 Å². The number of carbonyl (C=O) groups excluding carboxylic acids is 2. The molecule has 0 spiro atoms. The average Bonchev–Trinajstić information content (AvgIpc) is 2.48. The van der Waals surface area contributed by atoms with E-state index in [9.17, 15) is 9.59 Å². The van der Waals surface area contributed by atoms with Crippen molar-refractivity contribution in [2.24, 2.45) is 0 Å². The molecule has 2 atom stereocenters. The maximum atomic E-state index is 12.9. The van der Waals surface area contributed by atoms with E-state index in [4.69, 9.17) is 0 Å². The number of piperazine rings is 1. The first-order chi connectivity index (χ1) is 10.0. The van der Waals surface area contributed by atoms with E-state index in [0.29, 0.717) is 6.54 Å². The topological polar surface area (TPSA) is 40.6 Å². The van der Waals surface area contributed by atoms with Crippen molar-refractivity contribution < 1.29 is 9.59 Å². The molecule has 2 unspecified atom stereocenters. The van der Waals surface area contributed by atoms with Gasteiger partial charge in [0, 0.05) is 15.5 Å². The van der Waals surface area contributed by atoms with Crippen LogP contribution in [0.2, 0.25) is 0 Å². The Kier molecular flexibility index (Phi) is 4.10. The van der Waals surface area contributed by atoms with Gasteiger partial charge in [0.2, 0.25) is 5.91 Å². The number of nitrogens with zero attached hydrogens (tertiary/aromatic N) is 2. The predicted octanol–water partition coefficient (Wildman–Crippen LogP) is 3.33. The third-order valence-corrected chi connectivity index (χ3v) is 5.51. The zero-order valence-corrected chi connectivity index (χ0v) is 14.9. The Hall–Kier alpha value is -0.880. The summed E-state index contributed by atoms with van der Waals surface area (Å²) >= 11 is 6.99. The molecule has 0 aliphatic carbocycles. The van der Waals surface area contributed by atoms with Crippen LogP contribution in [0.5, 0.6) is 0 Å². The highest BCUT2D eigenvalue weighted by molar-refractivity contribution is 9.11. The second kappa shape index (κ2) is 5.72. The molecular weight excluding hydrogens is 400 g/mol. The molecule has 2 amide bonds. The number of anilines is 1. The van der Waals surface area contributed by atoms with E-state index in [1.54, 1.807) is 16.7 Å². The van der Waals surface area contributed by atoms with Gasteiger partial charge in [-0.25, -0.2) is 0 Å². The van der Waals surface area contributed by atoms with E-state index in [1.807, 2.05) is 18.2 Å². The lowest BCUT2D eigenvalue weighted by Crippen LogP contribution is -2.65. The van der Waals surface area contributed by atoms with Gasteiger partial charge in [0.25, 0.3) is 5.91 Å². The Morgan fingerprint density at radius 3 is 2.43 bits per heavy atom. The first-order valence-electron chi connectivity index (χ1n) is 7.10. The van der Waals surface area contributed by atoms with Crippen LogP contribution in [0.15, 0.2) is 27.1 Å². The second-order valence-corrected chi connectivity index (χ2v) is 7.21. The second-order valence-electron chi connectivity index (χ2n) is 5.50. The molecular formula is C15H16Br2N2O2. The predicted molar refractivity (Wildman–Crippen MR) is 88.1 cm³/mol. The third kappa shape index (κ3) is 2.42. The number of halogens is 2. The number of hydrogen-bond acceptors (Lipinski definition) is 2. The Balaban J connectivity index is 2.05. The van der Waals surface area contributed by atoms with Gasteiger partial charge >= 0.3 is 0 Å². The minimum Gasteiger partial charge on any atom is -0.329 e. The zero-order valence-electron chi connectivity index (χ0n) is 11.7. The summed E-state index contributed by atoms with van der Waals surface area (Å²) < 4.78 is 1.63. The van der Waals surface area contributed by atoms with Gasteiger partial charge in [0.1, 0.15) is 12.1 Å². The lowest BCUT2D eigenvalue weighted by molar-refractivity contribution is -0.147. The Labute approximate surface area is 140 Å². The largest absolute Gasteiger partial charge is 0.329 e. The van der Waals surface area contributed by atoms with Crippen LogP contribution in [0, 0.1) is 0 Å². The summed E-state index contributed by atoms with van der Waals surface area (Å²) in [4.78, 5) is 28.9. The fourth-order valence-electron chi connectivity index (χ4n) is 3.18. The Morgan fingerprint density at radius 2 is 1.76 bits per heavy atom. The number of piperidine rings is 1. The molecule has 4 nitrogen and oxygen atoms in total.